The lowest BCUT2D eigenvalue weighted by Crippen LogP contribution is -2.31. The van der Waals surface area contributed by atoms with E-state index >= 15 is 0 Å². The summed E-state index contributed by atoms with van der Waals surface area (Å²) in [5.74, 6) is 0.278. The molecule has 25 heavy (non-hydrogen) atoms. The van der Waals surface area contributed by atoms with Gasteiger partial charge in [0.15, 0.2) is 0 Å². The maximum absolute atomic E-state index is 13.5. The molecular formula is C21H20F3N. The fourth-order valence-electron chi connectivity index (χ4n) is 4.48. The van der Waals surface area contributed by atoms with Crippen molar-refractivity contribution < 1.29 is 13.2 Å². The van der Waals surface area contributed by atoms with Gasteiger partial charge in [-0.3, -0.25) is 0 Å². The third-order valence-corrected chi connectivity index (χ3v) is 5.42. The number of nitrogens with one attached hydrogen (secondary N) is 1. The normalized spacial score (nSPS) is 24.6. The van der Waals surface area contributed by atoms with Gasteiger partial charge in [0.1, 0.15) is 0 Å². The van der Waals surface area contributed by atoms with Gasteiger partial charge in [0.2, 0.25) is 0 Å². The molecule has 1 heterocycles. The minimum atomic E-state index is -4.34. The van der Waals surface area contributed by atoms with Crippen LogP contribution in [0.15, 0.2) is 48.6 Å². The number of aryl methyl sites for hydroxylation is 2. The van der Waals surface area contributed by atoms with Crippen LogP contribution in [0.2, 0.25) is 0 Å². The molecule has 3 atom stereocenters. The summed E-state index contributed by atoms with van der Waals surface area (Å²) in [4.78, 5) is 0. The van der Waals surface area contributed by atoms with Crippen molar-refractivity contribution in [1.82, 2.24) is 0 Å². The minimum absolute atomic E-state index is 0.109. The van der Waals surface area contributed by atoms with E-state index in [0.717, 1.165) is 17.7 Å². The zero-order chi connectivity index (χ0) is 17.8. The fraction of sp³-hybridized carbons (Fsp3) is 0.333. The second-order valence-electron chi connectivity index (χ2n) is 7.10. The average molecular weight is 343 g/mol. The number of fused-ring (bicyclic) bond motifs is 3. The maximum atomic E-state index is 13.5. The number of alkyl halides is 3. The smallest absolute Gasteiger partial charge is 0.378 e. The molecular weight excluding hydrogens is 323 g/mol. The first-order valence-corrected chi connectivity index (χ1v) is 8.56. The van der Waals surface area contributed by atoms with Crippen LogP contribution in [0, 0.1) is 19.8 Å². The molecule has 0 bridgehead atoms. The van der Waals surface area contributed by atoms with Gasteiger partial charge in [-0.2, -0.15) is 13.2 Å². The predicted molar refractivity (Wildman–Crippen MR) is 93.7 cm³/mol. The standard InChI is InChI=1S/C21H20F3N/c1-12-10-13(2)19-14-7-5-8-15(14)20(25-18(19)11-12)16-6-3-4-9-17(16)21(22,23)24/h3-7,9-11,14-15,20,25H,8H2,1-2H3/t14-,15-,20+/m1/s1. The summed E-state index contributed by atoms with van der Waals surface area (Å²) >= 11 is 0. The molecule has 0 saturated heterocycles. The summed E-state index contributed by atoms with van der Waals surface area (Å²) in [5.41, 5.74) is 4.32. The van der Waals surface area contributed by atoms with Crippen LogP contribution in [0.4, 0.5) is 18.9 Å². The number of benzene rings is 2. The van der Waals surface area contributed by atoms with Gasteiger partial charge in [0, 0.05) is 11.6 Å². The van der Waals surface area contributed by atoms with Crippen molar-refractivity contribution in [2.45, 2.75) is 38.4 Å². The van der Waals surface area contributed by atoms with Crippen molar-refractivity contribution in [3.05, 3.63) is 76.4 Å². The molecule has 2 aliphatic rings. The van der Waals surface area contributed by atoms with E-state index in [0.29, 0.717) is 5.56 Å². The van der Waals surface area contributed by atoms with Crippen molar-refractivity contribution in [2.24, 2.45) is 5.92 Å². The molecule has 0 spiro atoms. The Morgan fingerprint density at radius 3 is 2.60 bits per heavy atom. The largest absolute Gasteiger partial charge is 0.416 e. The number of halogens is 3. The summed E-state index contributed by atoms with van der Waals surface area (Å²) in [7, 11) is 0. The molecule has 0 aromatic heterocycles. The van der Waals surface area contributed by atoms with E-state index in [9.17, 15) is 13.2 Å². The monoisotopic (exact) mass is 343 g/mol. The molecule has 2 aromatic carbocycles. The summed E-state index contributed by atoms with van der Waals surface area (Å²) in [6.07, 6.45) is 0.717. The van der Waals surface area contributed by atoms with E-state index in [-0.39, 0.29) is 17.9 Å². The Kier molecular flexibility index (Phi) is 3.67. The van der Waals surface area contributed by atoms with Gasteiger partial charge in [-0.1, -0.05) is 36.4 Å². The Morgan fingerprint density at radius 2 is 1.84 bits per heavy atom. The molecule has 4 heteroatoms. The molecule has 4 rings (SSSR count). The van der Waals surface area contributed by atoms with Gasteiger partial charge in [0.05, 0.1) is 11.6 Å². The number of anilines is 1. The average Bonchev–Trinajstić information content (AvgIpc) is 3.02. The second-order valence-corrected chi connectivity index (χ2v) is 7.10. The number of hydrogen-bond donors (Lipinski definition) is 1. The van der Waals surface area contributed by atoms with Gasteiger partial charge >= 0.3 is 6.18 Å². The predicted octanol–water partition coefficient (Wildman–Crippen LogP) is 6.15. The SMILES string of the molecule is Cc1cc(C)c2c(c1)N[C@H](c1ccccc1C(F)(F)F)[C@@H]1CC=C[C@@H]21. The molecule has 1 aliphatic carbocycles. The van der Waals surface area contributed by atoms with Crippen molar-refractivity contribution in [3.8, 4) is 0 Å². The summed E-state index contributed by atoms with van der Waals surface area (Å²) < 4.78 is 40.6. The highest BCUT2D eigenvalue weighted by molar-refractivity contribution is 5.64. The highest BCUT2D eigenvalue weighted by Gasteiger charge is 2.42. The molecule has 0 fully saturated rings. The molecule has 0 amide bonds. The molecule has 0 unspecified atom stereocenters. The van der Waals surface area contributed by atoms with E-state index < -0.39 is 11.7 Å². The zero-order valence-electron chi connectivity index (χ0n) is 14.2. The summed E-state index contributed by atoms with van der Waals surface area (Å²) in [5, 5.41) is 3.44. The number of allylic oxidation sites excluding steroid dienone is 2. The highest BCUT2D eigenvalue weighted by Crippen LogP contribution is 2.52. The van der Waals surface area contributed by atoms with Crippen molar-refractivity contribution >= 4 is 5.69 Å². The van der Waals surface area contributed by atoms with Gasteiger partial charge < -0.3 is 5.32 Å². The van der Waals surface area contributed by atoms with Gasteiger partial charge in [-0.15, -0.1) is 0 Å². The van der Waals surface area contributed by atoms with Crippen LogP contribution in [-0.4, -0.2) is 0 Å². The first-order valence-electron chi connectivity index (χ1n) is 8.56. The van der Waals surface area contributed by atoms with Crippen LogP contribution in [0.1, 0.15) is 46.2 Å². The van der Waals surface area contributed by atoms with Crippen LogP contribution in [-0.2, 0) is 6.18 Å². The Bertz CT molecular complexity index is 851. The van der Waals surface area contributed by atoms with Gasteiger partial charge in [-0.25, -0.2) is 0 Å². The first-order chi connectivity index (χ1) is 11.9. The fourth-order valence-corrected chi connectivity index (χ4v) is 4.48. The topological polar surface area (TPSA) is 12.0 Å². The van der Waals surface area contributed by atoms with Crippen LogP contribution in [0.3, 0.4) is 0 Å². The van der Waals surface area contributed by atoms with Crippen molar-refractivity contribution in [3.63, 3.8) is 0 Å². The van der Waals surface area contributed by atoms with Crippen molar-refractivity contribution in [2.75, 3.05) is 5.32 Å². The quantitative estimate of drug-likeness (QED) is 0.613. The summed E-state index contributed by atoms with van der Waals surface area (Å²) in [6, 6.07) is 9.81. The first kappa shape index (κ1) is 16.2. The lowest BCUT2D eigenvalue weighted by molar-refractivity contribution is -0.138. The van der Waals surface area contributed by atoms with E-state index in [1.807, 2.05) is 13.0 Å². The minimum Gasteiger partial charge on any atom is -0.378 e. The molecule has 1 aliphatic heterocycles. The molecule has 1 N–H and O–H groups in total. The highest BCUT2D eigenvalue weighted by atomic mass is 19.4. The van der Waals surface area contributed by atoms with Crippen LogP contribution >= 0.6 is 0 Å². The molecule has 0 radical (unpaired) electrons. The van der Waals surface area contributed by atoms with Crippen LogP contribution in [0.25, 0.3) is 0 Å². The number of hydrogen-bond acceptors (Lipinski definition) is 1. The van der Waals surface area contributed by atoms with E-state index in [2.05, 4.69) is 30.5 Å². The lowest BCUT2D eigenvalue weighted by atomic mass is 9.74. The Balaban J connectivity index is 1.86. The van der Waals surface area contributed by atoms with Crippen LogP contribution in [0.5, 0.6) is 0 Å². The molecule has 0 saturated carbocycles. The van der Waals surface area contributed by atoms with E-state index in [4.69, 9.17) is 0 Å². The van der Waals surface area contributed by atoms with Gasteiger partial charge in [-0.05, 0) is 60.6 Å². The Hall–Kier alpha value is -2.23. The Labute approximate surface area is 145 Å². The third kappa shape index (κ3) is 2.64. The van der Waals surface area contributed by atoms with Crippen molar-refractivity contribution in [1.29, 1.82) is 0 Å². The lowest BCUT2D eigenvalue weighted by Gasteiger charge is -2.39. The molecule has 1 nitrogen and oxygen atoms in total. The third-order valence-electron chi connectivity index (χ3n) is 5.42. The van der Waals surface area contributed by atoms with Gasteiger partial charge in [0.25, 0.3) is 0 Å². The maximum Gasteiger partial charge on any atom is 0.416 e. The van der Waals surface area contributed by atoms with E-state index in [1.165, 1.54) is 23.3 Å². The van der Waals surface area contributed by atoms with E-state index in [1.54, 1.807) is 12.1 Å². The second kappa shape index (κ2) is 5.65. The number of rotatable bonds is 1. The van der Waals surface area contributed by atoms with Crippen LogP contribution < -0.4 is 5.32 Å². The molecule has 2 aromatic rings. The molecule has 130 valence electrons. The Morgan fingerprint density at radius 1 is 1.08 bits per heavy atom. The zero-order valence-corrected chi connectivity index (χ0v) is 14.2. The summed E-state index contributed by atoms with van der Waals surface area (Å²) in [6.45, 7) is 4.10.